The van der Waals surface area contributed by atoms with E-state index in [1.54, 1.807) is 22.0 Å². The maximum absolute atomic E-state index is 13.2. The lowest BCUT2D eigenvalue weighted by Gasteiger charge is -2.20. The van der Waals surface area contributed by atoms with Crippen molar-refractivity contribution in [2.24, 2.45) is 0 Å². The van der Waals surface area contributed by atoms with Crippen LogP contribution in [0, 0.1) is 20.8 Å². The number of fused-ring (bicyclic) bond motifs is 1. The van der Waals surface area contributed by atoms with Crippen molar-refractivity contribution in [2.75, 3.05) is 4.90 Å². The van der Waals surface area contributed by atoms with Crippen molar-refractivity contribution in [3.05, 3.63) is 71.3 Å². The Morgan fingerprint density at radius 1 is 1.18 bits per heavy atom. The third kappa shape index (κ3) is 3.80. The monoisotopic (exact) mass is 391 g/mol. The minimum Gasteiger partial charge on any atom is -0.282 e. The van der Waals surface area contributed by atoms with E-state index in [2.05, 4.69) is 23.1 Å². The first kappa shape index (κ1) is 18.3. The molecule has 6 nitrogen and oxygen atoms in total. The zero-order valence-corrected chi connectivity index (χ0v) is 16.9. The number of thiazole rings is 1. The Hall–Kier alpha value is -3.06. The predicted molar refractivity (Wildman–Crippen MR) is 111 cm³/mol. The quantitative estimate of drug-likeness (QED) is 0.515. The fourth-order valence-corrected chi connectivity index (χ4v) is 4.20. The third-order valence-corrected chi connectivity index (χ3v) is 5.56. The molecule has 28 heavy (non-hydrogen) atoms. The first-order valence-corrected chi connectivity index (χ1v) is 9.89. The number of amides is 1. The van der Waals surface area contributed by atoms with Crippen LogP contribution in [0.15, 0.2) is 48.8 Å². The second-order valence-corrected chi connectivity index (χ2v) is 7.90. The van der Waals surface area contributed by atoms with Crippen LogP contribution >= 0.6 is 11.3 Å². The summed E-state index contributed by atoms with van der Waals surface area (Å²) in [4.78, 5) is 23.9. The molecule has 0 atom stereocenters. The van der Waals surface area contributed by atoms with E-state index in [4.69, 9.17) is 4.98 Å². The van der Waals surface area contributed by atoms with Gasteiger partial charge in [0.15, 0.2) is 5.13 Å². The number of rotatable bonds is 5. The highest BCUT2D eigenvalue weighted by atomic mass is 32.1. The minimum absolute atomic E-state index is 0.0502. The third-order valence-electron chi connectivity index (χ3n) is 4.52. The van der Waals surface area contributed by atoms with Crippen LogP contribution in [0.2, 0.25) is 0 Å². The lowest BCUT2D eigenvalue weighted by atomic mass is 10.2. The zero-order chi connectivity index (χ0) is 19.7. The SMILES string of the molecule is Cc1ccc2nc(N(Cc3cccnc3)C(=O)Cn3nc(C)cc3C)sc2c1. The van der Waals surface area contributed by atoms with Gasteiger partial charge in [-0.15, -0.1) is 0 Å². The van der Waals surface area contributed by atoms with E-state index < -0.39 is 0 Å². The normalized spacial score (nSPS) is 11.1. The van der Waals surface area contributed by atoms with Crippen molar-refractivity contribution < 1.29 is 4.79 Å². The van der Waals surface area contributed by atoms with Crippen molar-refractivity contribution in [1.82, 2.24) is 19.7 Å². The van der Waals surface area contributed by atoms with Gasteiger partial charge in [-0.25, -0.2) is 4.98 Å². The average Bonchev–Trinajstić information content (AvgIpc) is 3.22. The number of aryl methyl sites for hydroxylation is 3. The van der Waals surface area contributed by atoms with Crippen LogP contribution < -0.4 is 4.90 Å². The first-order chi connectivity index (χ1) is 13.5. The molecule has 0 radical (unpaired) electrons. The lowest BCUT2D eigenvalue weighted by Crippen LogP contribution is -2.34. The number of carbonyl (C=O) groups is 1. The molecule has 0 aliphatic carbocycles. The molecule has 1 amide bonds. The summed E-state index contributed by atoms with van der Waals surface area (Å²) in [6, 6.07) is 11.9. The Labute approximate surface area is 167 Å². The van der Waals surface area contributed by atoms with Crippen LogP contribution in [0.25, 0.3) is 10.2 Å². The van der Waals surface area contributed by atoms with E-state index in [9.17, 15) is 4.79 Å². The van der Waals surface area contributed by atoms with Gasteiger partial charge in [0.2, 0.25) is 0 Å². The number of benzene rings is 1. The highest BCUT2D eigenvalue weighted by molar-refractivity contribution is 7.22. The number of pyridine rings is 1. The van der Waals surface area contributed by atoms with Crippen molar-refractivity contribution in [2.45, 2.75) is 33.9 Å². The van der Waals surface area contributed by atoms with Crippen molar-refractivity contribution >= 4 is 32.6 Å². The Bertz CT molecular complexity index is 1130. The summed E-state index contributed by atoms with van der Waals surface area (Å²) in [6.45, 7) is 6.54. The molecule has 4 aromatic rings. The molecule has 0 aliphatic heterocycles. The molecule has 0 spiro atoms. The standard InChI is InChI=1S/C21H21N5OS/c1-14-6-7-18-19(9-14)28-21(23-18)25(12-17-5-4-8-22-11-17)20(27)13-26-16(3)10-15(2)24-26/h4-11H,12-13H2,1-3H3. The van der Waals surface area contributed by atoms with Crippen molar-refractivity contribution in [1.29, 1.82) is 0 Å². The Morgan fingerprint density at radius 3 is 2.75 bits per heavy atom. The van der Waals surface area contributed by atoms with Crippen LogP contribution in [0.4, 0.5) is 5.13 Å². The second-order valence-electron chi connectivity index (χ2n) is 6.89. The molecule has 7 heteroatoms. The van der Waals surface area contributed by atoms with Gasteiger partial charge in [0.1, 0.15) is 6.54 Å². The molecule has 1 aromatic carbocycles. The van der Waals surface area contributed by atoms with E-state index in [1.807, 2.05) is 44.2 Å². The summed E-state index contributed by atoms with van der Waals surface area (Å²) in [5.41, 5.74) is 4.91. The maximum Gasteiger partial charge on any atom is 0.250 e. The molecule has 4 rings (SSSR count). The number of hydrogen-bond acceptors (Lipinski definition) is 5. The van der Waals surface area contributed by atoms with E-state index >= 15 is 0 Å². The summed E-state index contributed by atoms with van der Waals surface area (Å²) in [5.74, 6) is -0.0502. The van der Waals surface area contributed by atoms with Gasteiger partial charge in [-0.05, 0) is 56.2 Å². The second kappa shape index (κ2) is 7.52. The number of carbonyl (C=O) groups excluding carboxylic acids is 1. The molecule has 142 valence electrons. The Balaban J connectivity index is 1.69. The van der Waals surface area contributed by atoms with Crippen molar-refractivity contribution in [3.63, 3.8) is 0 Å². The van der Waals surface area contributed by atoms with Gasteiger partial charge in [-0.1, -0.05) is 23.5 Å². The van der Waals surface area contributed by atoms with Crippen LogP contribution in [0.5, 0.6) is 0 Å². The lowest BCUT2D eigenvalue weighted by molar-refractivity contribution is -0.119. The van der Waals surface area contributed by atoms with Gasteiger partial charge in [0, 0.05) is 18.1 Å². The topological polar surface area (TPSA) is 63.9 Å². The van der Waals surface area contributed by atoms with E-state index in [0.717, 1.165) is 27.2 Å². The van der Waals surface area contributed by atoms with E-state index in [-0.39, 0.29) is 12.5 Å². The molecule has 3 heterocycles. The summed E-state index contributed by atoms with van der Waals surface area (Å²) in [6.07, 6.45) is 3.51. The average molecular weight is 392 g/mol. The van der Waals surface area contributed by atoms with E-state index in [1.165, 1.54) is 16.9 Å². The molecule has 0 saturated carbocycles. The van der Waals surface area contributed by atoms with Gasteiger partial charge in [-0.3, -0.25) is 19.4 Å². The van der Waals surface area contributed by atoms with Crippen LogP contribution in [0.3, 0.4) is 0 Å². The molecule has 0 saturated heterocycles. The summed E-state index contributed by atoms with van der Waals surface area (Å²) in [7, 11) is 0. The number of nitrogens with zero attached hydrogens (tertiary/aromatic N) is 5. The molecule has 0 bridgehead atoms. The molecule has 0 aliphatic rings. The van der Waals surface area contributed by atoms with Crippen LogP contribution in [0.1, 0.15) is 22.5 Å². The molecular formula is C21H21N5OS. The molecule has 0 fully saturated rings. The van der Waals surface area contributed by atoms with Crippen LogP contribution in [-0.4, -0.2) is 25.7 Å². The number of hydrogen-bond donors (Lipinski definition) is 0. The molecule has 0 N–H and O–H groups in total. The highest BCUT2D eigenvalue weighted by Gasteiger charge is 2.21. The number of aromatic nitrogens is 4. The summed E-state index contributed by atoms with van der Waals surface area (Å²) in [5, 5.41) is 5.12. The Morgan fingerprint density at radius 2 is 2.04 bits per heavy atom. The van der Waals surface area contributed by atoms with Gasteiger partial charge >= 0.3 is 0 Å². The minimum atomic E-state index is -0.0502. The van der Waals surface area contributed by atoms with Gasteiger partial charge in [0.25, 0.3) is 5.91 Å². The predicted octanol–water partition coefficient (Wildman–Crippen LogP) is 4.05. The Kier molecular flexibility index (Phi) is 4.92. The van der Waals surface area contributed by atoms with Crippen molar-refractivity contribution in [3.8, 4) is 0 Å². The molecule has 0 unspecified atom stereocenters. The fourth-order valence-electron chi connectivity index (χ4n) is 3.12. The first-order valence-electron chi connectivity index (χ1n) is 9.07. The van der Waals surface area contributed by atoms with Gasteiger partial charge in [0.05, 0.1) is 22.5 Å². The van der Waals surface area contributed by atoms with Crippen LogP contribution in [-0.2, 0) is 17.9 Å². The van der Waals surface area contributed by atoms with Gasteiger partial charge in [-0.2, -0.15) is 5.10 Å². The molecular weight excluding hydrogens is 370 g/mol. The van der Waals surface area contributed by atoms with E-state index in [0.29, 0.717) is 11.7 Å². The zero-order valence-electron chi connectivity index (χ0n) is 16.1. The summed E-state index contributed by atoms with van der Waals surface area (Å²) < 4.78 is 2.82. The molecule has 3 aromatic heterocycles. The highest BCUT2D eigenvalue weighted by Crippen LogP contribution is 2.30. The largest absolute Gasteiger partial charge is 0.282 e. The number of anilines is 1. The fraction of sp³-hybridized carbons (Fsp3) is 0.238. The smallest absolute Gasteiger partial charge is 0.250 e. The summed E-state index contributed by atoms with van der Waals surface area (Å²) >= 11 is 1.53. The van der Waals surface area contributed by atoms with Gasteiger partial charge < -0.3 is 0 Å². The maximum atomic E-state index is 13.2.